The number of carbonyl (C=O) groups excluding carboxylic acids is 1. The monoisotopic (exact) mass is 425 g/mol. The highest BCUT2D eigenvalue weighted by Crippen LogP contribution is 2.25. The van der Waals surface area contributed by atoms with E-state index in [-0.39, 0.29) is 6.04 Å². The van der Waals surface area contributed by atoms with Crippen LogP contribution in [0.5, 0.6) is 0 Å². The maximum Gasteiger partial charge on any atom is 0.326 e. The molecule has 1 aliphatic rings. The lowest BCUT2D eigenvalue weighted by Gasteiger charge is -2.29. The van der Waals surface area contributed by atoms with Crippen LogP contribution in [0.1, 0.15) is 0 Å². The summed E-state index contributed by atoms with van der Waals surface area (Å²) in [5, 5.41) is 11.5. The van der Waals surface area contributed by atoms with E-state index < -0.39 is 6.03 Å². The topological polar surface area (TPSA) is 104 Å². The highest BCUT2D eigenvalue weighted by molar-refractivity contribution is 7.13. The molecule has 0 bridgehead atoms. The highest BCUT2D eigenvalue weighted by atomic mass is 32.1. The Labute approximate surface area is 178 Å². The number of amides is 2. The van der Waals surface area contributed by atoms with E-state index in [1.807, 2.05) is 36.2 Å². The summed E-state index contributed by atoms with van der Waals surface area (Å²) in [5.74, 6) is 1.73. The summed E-state index contributed by atoms with van der Waals surface area (Å²) in [5.41, 5.74) is 0.957. The quantitative estimate of drug-likeness (QED) is 0.558. The van der Waals surface area contributed by atoms with Gasteiger partial charge in [-0.3, -0.25) is 15.6 Å². The minimum absolute atomic E-state index is 0.254. The van der Waals surface area contributed by atoms with Crippen LogP contribution in [0.4, 0.5) is 22.2 Å². The molecule has 1 aliphatic heterocycles. The summed E-state index contributed by atoms with van der Waals surface area (Å²) in [6.07, 6.45) is 3.42. The smallest absolute Gasteiger partial charge is 0.326 e. The standard InChI is InChI=1S/C20H23N7O2S/c1-27(11-15-12-29-10-9-22-15)18-4-2-3-16(23-18)25-20(28)26-17-13-30-19(24-17)14-5-7-21-8-6-14/h2-8,13,15,22H,9-12H2,1H3,(H2,23,25,26,28). The number of aromatic nitrogens is 3. The third-order valence-corrected chi connectivity index (χ3v) is 5.42. The number of urea groups is 1. The summed E-state index contributed by atoms with van der Waals surface area (Å²) in [6, 6.07) is 9.15. The van der Waals surface area contributed by atoms with Gasteiger partial charge in [0.25, 0.3) is 0 Å². The molecule has 30 heavy (non-hydrogen) atoms. The van der Waals surface area contributed by atoms with Crippen molar-refractivity contribution in [3.63, 3.8) is 0 Å². The van der Waals surface area contributed by atoms with Crippen molar-refractivity contribution < 1.29 is 9.53 Å². The normalized spacial score (nSPS) is 16.1. The van der Waals surface area contributed by atoms with E-state index in [9.17, 15) is 4.79 Å². The lowest BCUT2D eigenvalue weighted by atomic mass is 10.2. The first-order valence-electron chi connectivity index (χ1n) is 9.60. The van der Waals surface area contributed by atoms with Crippen LogP contribution < -0.4 is 20.9 Å². The number of likely N-dealkylation sites (N-methyl/N-ethyl adjacent to an activating group) is 1. The third-order valence-electron chi connectivity index (χ3n) is 4.53. The number of thiazole rings is 1. The maximum atomic E-state index is 12.4. The third kappa shape index (κ3) is 5.29. The molecule has 0 spiro atoms. The van der Waals surface area contributed by atoms with Crippen LogP contribution in [-0.4, -0.2) is 60.4 Å². The number of hydrogen-bond donors (Lipinski definition) is 3. The van der Waals surface area contributed by atoms with Gasteiger partial charge in [-0.1, -0.05) is 6.07 Å². The largest absolute Gasteiger partial charge is 0.378 e. The second kappa shape index (κ2) is 9.61. The van der Waals surface area contributed by atoms with Crippen LogP contribution in [0, 0.1) is 0 Å². The van der Waals surface area contributed by atoms with E-state index in [0.29, 0.717) is 18.2 Å². The molecule has 0 aliphatic carbocycles. The molecule has 1 atom stereocenters. The molecule has 4 heterocycles. The molecule has 156 valence electrons. The van der Waals surface area contributed by atoms with Crippen LogP contribution in [0.2, 0.25) is 0 Å². The second-order valence-electron chi connectivity index (χ2n) is 6.84. The van der Waals surface area contributed by atoms with E-state index in [1.54, 1.807) is 23.8 Å². The zero-order valence-corrected chi connectivity index (χ0v) is 17.4. The minimum atomic E-state index is -0.392. The lowest BCUT2D eigenvalue weighted by Crippen LogP contribution is -2.47. The molecular formula is C20H23N7O2S. The Morgan fingerprint density at radius 1 is 1.23 bits per heavy atom. The number of anilines is 3. The van der Waals surface area contributed by atoms with Crippen LogP contribution in [0.15, 0.2) is 48.1 Å². The Morgan fingerprint density at radius 3 is 2.87 bits per heavy atom. The van der Waals surface area contributed by atoms with Gasteiger partial charge in [0.2, 0.25) is 0 Å². The Hall–Kier alpha value is -3.08. The average Bonchev–Trinajstić information content (AvgIpc) is 3.23. The number of hydrogen-bond acceptors (Lipinski definition) is 8. The average molecular weight is 426 g/mol. The number of pyridine rings is 2. The molecule has 4 rings (SSSR count). The van der Waals surface area contributed by atoms with Gasteiger partial charge >= 0.3 is 6.03 Å². The van der Waals surface area contributed by atoms with Crippen molar-refractivity contribution in [2.75, 3.05) is 48.9 Å². The first-order chi connectivity index (χ1) is 14.7. The molecule has 10 heteroatoms. The van der Waals surface area contributed by atoms with Gasteiger partial charge in [-0.05, 0) is 24.3 Å². The fourth-order valence-corrected chi connectivity index (χ4v) is 3.85. The highest BCUT2D eigenvalue weighted by Gasteiger charge is 2.16. The van der Waals surface area contributed by atoms with Crippen LogP contribution in [0.25, 0.3) is 10.6 Å². The van der Waals surface area contributed by atoms with Crippen molar-refractivity contribution in [3.8, 4) is 10.6 Å². The molecule has 0 aromatic carbocycles. The van der Waals surface area contributed by atoms with Gasteiger partial charge in [0.15, 0.2) is 0 Å². The number of nitrogens with zero attached hydrogens (tertiary/aromatic N) is 4. The predicted molar refractivity (Wildman–Crippen MR) is 118 cm³/mol. The minimum Gasteiger partial charge on any atom is -0.378 e. The zero-order valence-electron chi connectivity index (χ0n) is 16.5. The fraction of sp³-hybridized carbons (Fsp3) is 0.300. The van der Waals surface area contributed by atoms with Crippen molar-refractivity contribution in [2.24, 2.45) is 0 Å². The van der Waals surface area contributed by atoms with Gasteiger partial charge in [0.1, 0.15) is 22.5 Å². The number of nitrogens with one attached hydrogen (secondary N) is 3. The molecule has 9 nitrogen and oxygen atoms in total. The Kier molecular flexibility index (Phi) is 6.47. The number of morpholine rings is 1. The summed E-state index contributed by atoms with van der Waals surface area (Å²) < 4.78 is 5.50. The summed E-state index contributed by atoms with van der Waals surface area (Å²) in [4.78, 5) is 27.4. The van der Waals surface area contributed by atoms with Crippen LogP contribution in [0.3, 0.4) is 0 Å². The maximum absolute atomic E-state index is 12.4. The second-order valence-corrected chi connectivity index (χ2v) is 7.70. The van der Waals surface area contributed by atoms with E-state index in [4.69, 9.17) is 4.74 Å². The number of carbonyl (C=O) groups is 1. The zero-order chi connectivity index (χ0) is 20.8. The van der Waals surface area contributed by atoms with Crippen molar-refractivity contribution in [1.82, 2.24) is 20.3 Å². The SMILES string of the molecule is CN(CC1COCCN1)c1cccc(NC(=O)Nc2csc(-c3ccncc3)n2)n1. The predicted octanol–water partition coefficient (Wildman–Crippen LogP) is 2.67. The van der Waals surface area contributed by atoms with Gasteiger partial charge in [-0.15, -0.1) is 11.3 Å². The van der Waals surface area contributed by atoms with Crippen LogP contribution in [-0.2, 0) is 4.74 Å². The molecule has 3 aromatic rings. The van der Waals surface area contributed by atoms with Gasteiger partial charge in [-0.25, -0.2) is 14.8 Å². The Bertz CT molecular complexity index is 976. The van der Waals surface area contributed by atoms with Crippen molar-refractivity contribution >= 4 is 34.8 Å². The molecule has 1 saturated heterocycles. The molecule has 2 amide bonds. The first-order valence-corrected chi connectivity index (χ1v) is 10.5. The van der Waals surface area contributed by atoms with Gasteiger partial charge in [0.05, 0.1) is 13.2 Å². The molecule has 3 N–H and O–H groups in total. The molecular weight excluding hydrogens is 402 g/mol. The Balaban J connectivity index is 1.34. The summed E-state index contributed by atoms with van der Waals surface area (Å²) in [6.45, 7) is 3.04. The van der Waals surface area contributed by atoms with E-state index >= 15 is 0 Å². The molecule has 0 radical (unpaired) electrons. The van der Waals surface area contributed by atoms with Gasteiger partial charge < -0.3 is 15.0 Å². The number of ether oxygens (including phenoxy) is 1. The Morgan fingerprint density at radius 2 is 2.07 bits per heavy atom. The van der Waals surface area contributed by atoms with Gasteiger partial charge in [0, 0.05) is 49.5 Å². The van der Waals surface area contributed by atoms with Crippen molar-refractivity contribution in [2.45, 2.75) is 6.04 Å². The van der Waals surface area contributed by atoms with E-state index in [1.165, 1.54) is 11.3 Å². The number of rotatable bonds is 6. The summed E-state index contributed by atoms with van der Waals surface area (Å²) in [7, 11) is 1.97. The summed E-state index contributed by atoms with van der Waals surface area (Å²) >= 11 is 1.45. The van der Waals surface area contributed by atoms with E-state index in [2.05, 4.69) is 30.9 Å². The first kappa shape index (κ1) is 20.2. The van der Waals surface area contributed by atoms with Crippen molar-refractivity contribution in [3.05, 3.63) is 48.1 Å². The van der Waals surface area contributed by atoms with Gasteiger partial charge in [-0.2, -0.15) is 0 Å². The molecule has 3 aromatic heterocycles. The van der Waals surface area contributed by atoms with E-state index in [0.717, 1.165) is 36.1 Å². The molecule has 0 saturated carbocycles. The molecule has 1 fully saturated rings. The molecule has 1 unspecified atom stereocenters. The van der Waals surface area contributed by atoms with Crippen LogP contribution >= 0.6 is 11.3 Å². The fourth-order valence-electron chi connectivity index (χ4n) is 3.09. The lowest BCUT2D eigenvalue weighted by molar-refractivity contribution is 0.0790. The van der Waals surface area contributed by atoms with Crippen molar-refractivity contribution in [1.29, 1.82) is 0 Å².